The van der Waals surface area contributed by atoms with Crippen molar-refractivity contribution in [2.24, 2.45) is 11.5 Å². The van der Waals surface area contributed by atoms with Gasteiger partial charge in [-0.25, -0.2) is 4.79 Å². The van der Waals surface area contributed by atoms with Gasteiger partial charge in [-0.15, -0.1) is 0 Å². The number of hydrogen-bond acceptors (Lipinski definition) is 9. The molecule has 0 aromatic rings. The van der Waals surface area contributed by atoms with E-state index < -0.39 is 85.2 Å². The number of nitrogens with two attached hydrogens (primary N) is 2. The van der Waals surface area contributed by atoms with Crippen LogP contribution in [0.4, 0.5) is 0 Å². The van der Waals surface area contributed by atoms with Crippen molar-refractivity contribution in [3.8, 4) is 0 Å². The number of nitrogens with one attached hydrogen (secondary N) is 3. The zero-order valence-corrected chi connectivity index (χ0v) is 18.7. The molecule has 0 fully saturated rings. The SMILES string of the molecule is CC(O)C(NC(=O)C(N)CCCCN)C(=O)NC(CC(=O)O)C(=O)NC(CCC(=O)O)C(=O)O. The van der Waals surface area contributed by atoms with Crippen LogP contribution in [-0.2, 0) is 28.8 Å². The summed E-state index contributed by atoms with van der Waals surface area (Å²) in [5.74, 6) is -7.48. The van der Waals surface area contributed by atoms with Crippen molar-refractivity contribution >= 4 is 35.6 Å². The van der Waals surface area contributed by atoms with Gasteiger partial charge < -0.3 is 47.8 Å². The average Bonchev–Trinajstić information content (AvgIpc) is 2.72. The monoisotopic (exact) mass is 491 g/mol. The molecule has 0 saturated heterocycles. The Morgan fingerprint density at radius 2 is 1.38 bits per heavy atom. The maximum Gasteiger partial charge on any atom is 0.326 e. The van der Waals surface area contributed by atoms with Crippen LogP contribution in [0.3, 0.4) is 0 Å². The van der Waals surface area contributed by atoms with Crippen molar-refractivity contribution in [3.63, 3.8) is 0 Å². The maximum atomic E-state index is 12.6. The van der Waals surface area contributed by atoms with Crippen LogP contribution in [0.15, 0.2) is 0 Å². The van der Waals surface area contributed by atoms with Crippen molar-refractivity contribution in [1.82, 2.24) is 16.0 Å². The van der Waals surface area contributed by atoms with Gasteiger partial charge in [0.1, 0.15) is 18.1 Å². The summed E-state index contributed by atoms with van der Waals surface area (Å²) in [6, 6.07) is -6.05. The molecule has 34 heavy (non-hydrogen) atoms. The minimum Gasteiger partial charge on any atom is -0.481 e. The number of aliphatic hydroxyl groups excluding tert-OH is 1. The molecule has 0 aromatic heterocycles. The molecule has 0 aliphatic rings. The summed E-state index contributed by atoms with van der Waals surface area (Å²) >= 11 is 0. The average molecular weight is 491 g/mol. The van der Waals surface area contributed by atoms with E-state index in [0.717, 1.165) is 0 Å². The third-order valence-electron chi connectivity index (χ3n) is 4.64. The van der Waals surface area contributed by atoms with Crippen molar-refractivity contribution in [2.75, 3.05) is 6.54 Å². The van der Waals surface area contributed by atoms with Crippen LogP contribution in [0, 0.1) is 0 Å². The lowest BCUT2D eigenvalue weighted by molar-refractivity contribution is -0.144. The lowest BCUT2D eigenvalue weighted by Gasteiger charge is -2.26. The van der Waals surface area contributed by atoms with Gasteiger partial charge in [0.05, 0.1) is 18.6 Å². The smallest absolute Gasteiger partial charge is 0.326 e. The van der Waals surface area contributed by atoms with Crippen LogP contribution in [0.1, 0.15) is 45.4 Å². The zero-order chi connectivity index (χ0) is 26.4. The Bertz CT molecular complexity index is 745. The molecule has 0 aliphatic heterocycles. The molecule has 194 valence electrons. The van der Waals surface area contributed by atoms with Gasteiger partial charge in [0.15, 0.2) is 0 Å². The Morgan fingerprint density at radius 3 is 1.85 bits per heavy atom. The number of carboxylic acids is 3. The van der Waals surface area contributed by atoms with Gasteiger partial charge in [-0.2, -0.15) is 0 Å². The molecule has 0 bridgehead atoms. The molecule has 0 aromatic carbocycles. The van der Waals surface area contributed by atoms with Crippen LogP contribution in [0.25, 0.3) is 0 Å². The van der Waals surface area contributed by atoms with Gasteiger partial charge in [0, 0.05) is 6.42 Å². The summed E-state index contributed by atoms with van der Waals surface area (Å²) in [7, 11) is 0. The molecule has 11 N–H and O–H groups in total. The van der Waals surface area contributed by atoms with E-state index in [-0.39, 0.29) is 6.42 Å². The van der Waals surface area contributed by atoms with Gasteiger partial charge in [-0.1, -0.05) is 6.42 Å². The molecule has 0 spiro atoms. The number of carboxylic acid groups (broad SMARTS) is 3. The Balaban J connectivity index is 5.37. The minimum atomic E-state index is -1.78. The van der Waals surface area contributed by atoms with Crippen molar-refractivity contribution < 1.29 is 49.2 Å². The number of carbonyl (C=O) groups is 6. The summed E-state index contributed by atoms with van der Waals surface area (Å²) in [5, 5.41) is 43.1. The van der Waals surface area contributed by atoms with E-state index >= 15 is 0 Å². The number of unbranched alkanes of at least 4 members (excludes halogenated alkanes) is 1. The molecule has 0 radical (unpaired) electrons. The van der Waals surface area contributed by atoms with E-state index in [1.165, 1.54) is 6.92 Å². The molecule has 15 nitrogen and oxygen atoms in total. The first-order valence-electron chi connectivity index (χ1n) is 10.5. The van der Waals surface area contributed by atoms with Gasteiger partial charge in [-0.3, -0.25) is 24.0 Å². The fraction of sp³-hybridized carbons (Fsp3) is 0.684. The highest BCUT2D eigenvalue weighted by Crippen LogP contribution is 2.04. The molecule has 0 saturated carbocycles. The third-order valence-corrected chi connectivity index (χ3v) is 4.64. The largest absolute Gasteiger partial charge is 0.481 e. The van der Waals surface area contributed by atoms with E-state index in [9.17, 15) is 33.9 Å². The number of aliphatic hydroxyl groups is 1. The molecule has 5 unspecified atom stereocenters. The van der Waals surface area contributed by atoms with Crippen molar-refractivity contribution in [2.45, 2.75) is 75.7 Å². The fourth-order valence-corrected chi connectivity index (χ4v) is 2.75. The van der Waals surface area contributed by atoms with Gasteiger partial charge in [-0.05, 0) is 32.7 Å². The van der Waals surface area contributed by atoms with E-state index in [4.69, 9.17) is 26.8 Å². The number of hydrogen-bond donors (Lipinski definition) is 9. The minimum absolute atomic E-state index is 0.258. The molecule has 3 amide bonds. The second-order valence-electron chi connectivity index (χ2n) is 7.61. The number of aliphatic carboxylic acids is 3. The number of amides is 3. The molecular formula is C19H33N5O10. The standard InChI is InChI=1S/C19H33N5O10/c1-9(25)15(24-16(30)10(21)4-2-3-7-20)18(32)23-12(8-14(28)29)17(31)22-11(19(33)34)5-6-13(26)27/h9-12,15,25H,2-8,20-21H2,1H3,(H,22,31)(H,23,32)(H,24,30)(H,26,27)(H,28,29)(H,33,34). The fourth-order valence-electron chi connectivity index (χ4n) is 2.75. The summed E-state index contributed by atoms with van der Waals surface area (Å²) in [4.78, 5) is 70.5. The molecule has 5 atom stereocenters. The van der Waals surface area contributed by atoms with Crippen molar-refractivity contribution in [1.29, 1.82) is 0 Å². The van der Waals surface area contributed by atoms with E-state index in [2.05, 4.69) is 10.6 Å². The van der Waals surface area contributed by atoms with Gasteiger partial charge in [0.25, 0.3) is 0 Å². The number of carbonyl (C=O) groups excluding carboxylic acids is 3. The third kappa shape index (κ3) is 12.1. The summed E-state index contributed by atoms with van der Waals surface area (Å²) in [6.45, 7) is 1.57. The number of rotatable bonds is 17. The second-order valence-corrected chi connectivity index (χ2v) is 7.61. The normalized spacial score (nSPS) is 15.2. The highest BCUT2D eigenvalue weighted by Gasteiger charge is 2.33. The van der Waals surface area contributed by atoms with E-state index in [1.54, 1.807) is 0 Å². The van der Waals surface area contributed by atoms with Gasteiger partial charge >= 0.3 is 17.9 Å². The summed E-state index contributed by atoms with van der Waals surface area (Å²) < 4.78 is 0. The molecule has 0 heterocycles. The van der Waals surface area contributed by atoms with Crippen LogP contribution in [0.5, 0.6) is 0 Å². The molecule has 15 heteroatoms. The second kappa shape index (κ2) is 15.5. The topological polar surface area (TPSA) is 271 Å². The Hall–Kier alpha value is -3.30. The van der Waals surface area contributed by atoms with Crippen LogP contribution >= 0.6 is 0 Å². The molecule has 0 aliphatic carbocycles. The van der Waals surface area contributed by atoms with Crippen LogP contribution in [-0.4, -0.2) is 92.9 Å². The first kappa shape index (κ1) is 30.7. The first-order valence-corrected chi connectivity index (χ1v) is 10.5. The highest BCUT2D eigenvalue weighted by molar-refractivity contribution is 5.95. The molecule has 0 rings (SSSR count). The summed E-state index contributed by atoms with van der Waals surface area (Å²) in [5.41, 5.74) is 11.1. The van der Waals surface area contributed by atoms with Crippen LogP contribution < -0.4 is 27.4 Å². The lowest BCUT2D eigenvalue weighted by atomic mass is 10.1. The zero-order valence-electron chi connectivity index (χ0n) is 18.7. The highest BCUT2D eigenvalue weighted by atomic mass is 16.4. The van der Waals surface area contributed by atoms with Crippen LogP contribution in [0.2, 0.25) is 0 Å². The predicted octanol–water partition coefficient (Wildman–Crippen LogP) is -3.30. The molecular weight excluding hydrogens is 458 g/mol. The quantitative estimate of drug-likeness (QED) is 0.0905. The maximum absolute atomic E-state index is 12.6. The van der Waals surface area contributed by atoms with Crippen molar-refractivity contribution in [3.05, 3.63) is 0 Å². The van der Waals surface area contributed by atoms with E-state index in [1.807, 2.05) is 5.32 Å². The predicted molar refractivity (Wildman–Crippen MR) is 115 cm³/mol. The van der Waals surface area contributed by atoms with Gasteiger partial charge in [0.2, 0.25) is 17.7 Å². The first-order chi connectivity index (χ1) is 15.8. The Morgan fingerprint density at radius 1 is 0.794 bits per heavy atom. The van der Waals surface area contributed by atoms with E-state index in [0.29, 0.717) is 19.4 Å². The summed E-state index contributed by atoms with van der Waals surface area (Å²) in [6.07, 6.45) is -2.07. The Kier molecular flexibility index (Phi) is 14.0. The lowest BCUT2D eigenvalue weighted by Crippen LogP contribution is -2.60. The Labute approximate surface area is 195 Å².